The van der Waals surface area contributed by atoms with Gasteiger partial charge in [0.05, 0.1) is 12.3 Å². The second kappa shape index (κ2) is 7.51. The Hall–Kier alpha value is -1.47. The molecule has 2 amide bonds. The van der Waals surface area contributed by atoms with Gasteiger partial charge in [0.1, 0.15) is 0 Å². The first kappa shape index (κ1) is 15.9. The summed E-state index contributed by atoms with van der Waals surface area (Å²) < 4.78 is 5.11. The summed E-state index contributed by atoms with van der Waals surface area (Å²) in [6.45, 7) is 2.08. The Morgan fingerprint density at radius 2 is 2.00 bits per heavy atom. The van der Waals surface area contributed by atoms with Crippen molar-refractivity contribution in [2.75, 3.05) is 38.2 Å². The molecule has 0 aliphatic carbocycles. The molecule has 1 atom stereocenters. The molecule has 1 aromatic rings. The van der Waals surface area contributed by atoms with Gasteiger partial charge in [0, 0.05) is 26.2 Å². The second-order valence-electron chi connectivity index (χ2n) is 4.98. The molecule has 116 valence electrons. The number of nitrogens with zero attached hydrogens (tertiary/aromatic N) is 2. The van der Waals surface area contributed by atoms with Crippen molar-refractivity contribution in [3.05, 3.63) is 24.2 Å². The molecule has 2 rings (SSSR count). The first-order chi connectivity index (χ1) is 10.1. The van der Waals surface area contributed by atoms with Gasteiger partial charge in [0.2, 0.25) is 5.91 Å². The largest absolute Gasteiger partial charge is 0.459 e. The molecule has 2 heterocycles. The molecule has 0 spiro atoms. The van der Waals surface area contributed by atoms with Gasteiger partial charge in [-0.1, -0.05) is 0 Å². The second-order valence-corrected chi connectivity index (χ2v) is 5.97. The number of hydrogen-bond donors (Lipinski definition) is 1. The number of carbonyl (C=O) groups excluding carboxylic acids is 2. The Morgan fingerprint density at radius 3 is 2.57 bits per heavy atom. The highest BCUT2D eigenvalue weighted by molar-refractivity contribution is 7.98. The maximum atomic E-state index is 12.2. The number of nitrogens with two attached hydrogens (primary N) is 1. The number of carbonyl (C=O) groups is 2. The van der Waals surface area contributed by atoms with Gasteiger partial charge in [-0.3, -0.25) is 9.59 Å². The van der Waals surface area contributed by atoms with Crippen LogP contribution in [0.5, 0.6) is 0 Å². The standard InChI is InChI=1S/C14H21N3O3S/c1-21-10-4-11(15)13(18)16-5-7-17(8-6-16)14(19)12-3-2-9-20-12/h2-3,9,11H,4-8,10,15H2,1H3/t11-/m0/s1. The van der Waals surface area contributed by atoms with Crippen molar-refractivity contribution >= 4 is 23.6 Å². The Balaban J connectivity index is 1.83. The van der Waals surface area contributed by atoms with E-state index < -0.39 is 6.04 Å². The summed E-state index contributed by atoms with van der Waals surface area (Å²) in [6.07, 6.45) is 4.17. The van der Waals surface area contributed by atoms with Crippen molar-refractivity contribution < 1.29 is 14.0 Å². The Morgan fingerprint density at radius 1 is 1.33 bits per heavy atom. The number of rotatable bonds is 5. The summed E-state index contributed by atoms with van der Waals surface area (Å²) >= 11 is 1.68. The lowest BCUT2D eigenvalue weighted by Gasteiger charge is -2.35. The molecule has 0 aromatic carbocycles. The van der Waals surface area contributed by atoms with Crippen molar-refractivity contribution in [1.82, 2.24) is 9.80 Å². The fraction of sp³-hybridized carbons (Fsp3) is 0.571. The SMILES string of the molecule is CSCC[C@H](N)C(=O)N1CCN(C(=O)c2ccco2)CC1. The average molecular weight is 311 g/mol. The maximum Gasteiger partial charge on any atom is 0.289 e. The van der Waals surface area contributed by atoms with Crippen LogP contribution in [0.25, 0.3) is 0 Å². The third-order valence-corrected chi connectivity index (χ3v) is 4.20. The third-order valence-electron chi connectivity index (χ3n) is 3.56. The minimum absolute atomic E-state index is 0.0193. The first-order valence-corrected chi connectivity index (χ1v) is 8.39. The number of thioether (sulfide) groups is 1. The van der Waals surface area contributed by atoms with Gasteiger partial charge in [0.15, 0.2) is 5.76 Å². The number of piperazine rings is 1. The molecule has 0 radical (unpaired) electrons. The van der Waals surface area contributed by atoms with Crippen LogP contribution >= 0.6 is 11.8 Å². The quantitative estimate of drug-likeness (QED) is 0.863. The molecule has 6 nitrogen and oxygen atoms in total. The molecular weight excluding hydrogens is 290 g/mol. The van der Waals surface area contributed by atoms with Crippen LogP contribution in [0.15, 0.2) is 22.8 Å². The molecule has 1 aliphatic rings. The van der Waals surface area contributed by atoms with E-state index in [0.29, 0.717) is 38.4 Å². The van der Waals surface area contributed by atoms with Crippen LogP contribution in [0.1, 0.15) is 17.0 Å². The predicted molar refractivity (Wildman–Crippen MR) is 82.2 cm³/mol. The van der Waals surface area contributed by atoms with Gasteiger partial charge in [-0.05, 0) is 30.6 Å². The minimum Gasteiger partial charge on any atom is -0.459 e. The molecule has 7 heteroatoms. The van der Waals surface area contributed by atoms with Crippen LogP contribution in [-0.4, -0.2) is 65.8 Å². The highest BCUT2D eigenvalue weighted by Crippen LogP contribution is 2.11. The zero-order valence-corrected chi connectivity index (χ0v) is 13.0. The van der Waals surface area contributed by atoms with E-state index in [2.05, 4.69) is 0 Å². The van der Waals surface area contributed by atoms with E-state index >= 15 is 0 Å². The molecule has 1 fully saturated rings. The normalized spacial score (nSPS) is 16.9. The summed E-state index contributed by atoms with van der Waals surface area (Å²) in [4.78, 5) is 27.7. The van der Waals surface area contributed by atoms with Crippen LogP contribution in [-0.2, 0) is 4.79 Å². The highest BCUT2D eigenvalue weighted by atomic mass is 32.2. The fourth-order valence-corrected chi connectivity index (χ4v) is 2.78. The van der Waals surface area contributed by atoms with Crippen molar-refractivity contribution in [2.45, 2.75) is 12.5 Å². The maximum absolute atomic E-state index is 12.2. The lowest BCUT2D eigenvalue weighted by atomic mass is 10.2. The van der Waals surface area contributed by atoms with Crippen molar-refractivity contribution in [1.29, 1.82) is 0 Å². The molecule has 21 heavy (non-hydrogen) atoms. The van der Waals surface area contributed by atoms with Crippen LogP contribution in [0.3, 0.4) is 0 Å². The minimum atomic E-state index is -0.440. The number of amides is 2. The molecule has 0 saturated carbocycles. The van der Waals surface area contributed by atoms with Crippen molar-refractivity contribution in [3.63, 3.8) is 0 Å². The third kappa shape index (κ3) is 4.01. The van der Waals surface area contributed by atoms with E-state index in [9.17, 15) is 9.59 Å². The van der Waals surface area contributed by atoms with Crippen LogP contribution < -0.4 is 5.73 Å². The van der Waals surface area contributed by atoms with Crippen molar-refractivity contribution in [3.8, 4) is 0 Å². The van der Waals surface area contributed by atoms with E-state index in [0.717, 1.165) is 5.75 Å². The number of furan rings is 1. The number of hydrogen-bond acceptors (Lipinski definition) is 5. The summed E-state index contributed by atoms with van der Waals surface area (Å²) in [5.41, 5.74) is 5.91. The predicted octanol–water partition coefficient (Wildman–Crippen LogP) is 0.644. The van der Waals surface area contributed by atoms with E-state index in [-0.39, 0.29) is 11.8 Å². The Bertz CT molecular complexity index is 470. The molecule has 1 aromatic heterocycles. The van der Waals surface area contributed by atoms with Crippen LogP contribution in [0.2, 0.25) is 0 Å². The van der Waals surface area contributed by atoms with E-state index in [4.69, 9.17) is 10.2 Å². The molecular formula is C14H21N3O3S. The van der Waals surface area contributed by atoms with Crippen molar-refractivity contribution in [2.24, 2.45) is 5.73 Å². The summed E-state index contributed by atoms with van der Waals surface area (Å²) in [7, 11) is 0. The van der Waals surface area contributed by atoms with Gasteiger partial charge in [-0.15, -0.1) is 0 Å². The van der Waals surface area contributed by atoms with Gasteiger partial charge in [-0.25, -0.2) is 0 Å². The van der Waals surface area contributed by atoms with Crippen LogP contribution in [0.4, 0.5) is 0 Å². The van der Waals surface area contributed by atoms with Gasteiger partial charge in [0.25, 0.3) is 5.91 Å². The molecule has 1 aliphatic heterocycles. The lowest BCUT2D eigenvalue weighted by molar-refractivity contribution is -0.134. The van der Waals surface area contributed by atoms with Gasteiger partial charge in [-0.2, -0.15) is 11.8 Å². The summed E-state index contributed by atoms with van der Waals surface area (Å²) in [5, 5.41) is 0. The smallest absolute Gasteiger partial charge is 0.289 e. The highest BCUT2D eigenvalue weighted by Gasteiger charge is 2.28. The fourth-order valence-electron chi connectivity index (χ4n) is 2.29. The molecule has 2 N–H and O–H groups in total. The topological polar surface area (TPSA) is 79.8 Å². The molecule has 0 bridgehead atoms. The van der Waals surface area contributed by atoms with Gasteiger partial charge >= 0.3 is 0 Å². The summed E-state index contributed by atoms with van der Waals surface area (Å²) in [5.74, 6) is 1.07. The van der Waals surface area contributed by atoms with E-state index in [1.807, 2.05) is 6.26 Å². The van der Waals surface area contributed by atoms with E-state index in [1.165, 1.54) is 6.26 Å². The zero-order valence-electron chi connectivity index (χ0n) is 12.2. The molecule has 0 unspecified atom stereocenters. The van der Waals surface area contributed by atoms with E-state index in [1.54, 1.807) is 33.7 Å². The Kier molecular flexibility index (Phi) is 5.69. The lowest BCUT2D eigenvalue weighted by Crippen LogP contribution is -2.54. The van der Waals surface area contributed by atoms with Crippen LogP contribution in [0, 0.1) is 0 Å². The average Bonchev–Trinajstić information content (AvgIpc) is 3.05. The van der Waals surface area contributed by atoms with Gasteiger partial charge < -0.3 is 20.0 Å². The zero-order chi connectivity index (χ0) is 15.2. The monoisotopic (exact) mass is 311 g/mol. The summed E-state index contributed by atoms with van der Waals surface area (Å²) in [6, 6.07) is 2.90. The Labute approximate surface area is 128 Å². The molecule has 1 saturated heterocycles. The first-order valence-electron chi connectivity index (χ1n) is 6.99.